The first kappa shape index (κ1) is 15.5. The van der Waals surface area contributed by atoms with Crippen molar-refractivity contribution < 1.29 is 9.90 Å². The molecule has 2 rings (SSSR count). The van der Waals surface area contributed by atoms with Crippen LogP contribution in [0.4, 0.5) is 0 Å². The van der Waals surface area contributed by atoms with Gasteiger partial charge >= 0.3 is 0 Å². The summed E-state index contributed by atoms with van der Waals surface area (Å²) in [6.45, 7) is 5.70. The van der Waals surface area contributed by atoms with Crippen molar-refractivity contribution in [2.75, 3.05) is 13.1 Å². The zero-order chi connectivity index (χ0) is 15.2. The molecule has 1 aromatic rings. The Kier molecular flexibility index (Phi) is 5.37. The van der Waals surface area contributed by atoms with Crippen molar-refractivity contribution in [2.45, 2.75) is 39.2 Å². The molecular weight excluding hydrogens is 264 g/mol. The molecule has 0 spiro atoms. The van der Waals surface area contributed by atoms with Crippen molar-refractivity contribution in [1.82, 2.24) is 4.90 Å². The van der Waals surface area contributed by atoms with Crippen LogP contribution in [0.25, 0.3) is 0 Å². The standard InChI is InChI=1S/C17H24N2O2/c1-13(2)16(17(21)19-10-6-3-7-11-19)18-12-14-8-4-5-9-15(14)20/h4-5,8-9,12-13,16,20H,3,6-7,10-11H2,1-2H3/t16-/m0/s1. The lowest BCUT2D eigenvalue weighted by Gasteiger charge is -2.30. The molecule has 1 atom stereocenters. The molecule has 1 N–H and O–H groups in total. The van der Waals surface area contributed by atoms with Crippen molar-refractivity contribution in [3.05, 3.63) is 29.8 Å². The number of hydrogen-bond donors (Lipinski definition) is 1. The molecule has 1 amide bonds. The molecule has 1 aromatic carbocycles. The zero-order valence-corrected chi connectivity index (χ0v) is 12.8. The maximum Gasteiger partial charge on any atom is 0.247 e. The lowest BCUT2D eigenvalue weighted by Crippen LogP contribution is -2.43. The minimum Gasteiger partial charge on any atom is -0.507 e. The zero-order valence-electron chi connectivity index (χ0n) is 12.8. The van der Waals surface area contributed by atoms with E-state index < -0.39 is 0 Å². The summed E-state index contributed by atoms with van der Waals surface area (Å²) in [4.78, 5) is 19.0. The normalized spacial score (nSPS) is 17.4. The van der Waals surface area contributed by atoms with Gasteiger partial charge in [0.05, 0.1) is 0 Å². The highest BCUT2D eigenvalue weighted by Crippen LogP contribution is 2.17. The maximum absolute atomic E-state index is 12.6. The number of piperidine rings is 1. The van der Waals surface area contributed by atoms with E-state index in [1.807, 2.05) is 24.8 Å². The highest BCUT2D eigenvalue weighted by Gasteiger charge is 2.27. The van der Waals surface area contributed by atoms with E-state index in [9.17, 15) is 9.90 Å². The van der Waals surface area contributed by atoms with E-state index in [-0.39, 0.29) is 23.6 Å². The first-order valence-electron chi connectivity index (χ1n) is 7.69. The summed E-state index contributed by atoms with van der Waals surface area (Å²) in [7, 11) is 0. The minimum absolute atomic E-state index is 0.108. The third-order valence-electron chi connectivity index (χ3n) is 3.86. The number of rotatable bonds is 4. The Morgan fingerprint density at radius 2 is 1.90 bits per heavy atom. The van der Waals surface area contributed by atoms with Gasteiger partial charge in [-0.25, -0.2) is 0 Å². The SMILES string of the molecule is CC(C)[C@H](N=Cc1ccccc1O)C(=O)N1CCCCC1. The first-order chi connectivity index (χ1) is 10.1. The van der Waals surface area contributed by atoms with Gasteiger partial charge in [0.2, 0.25) is 5.91 Å². The van der Waals surface area contributed by atoms with Crippen LogP contribution in [0.1, 0.15) is 38.7 Å². The average molecular weight is 288 g/mol. The van der Waals surface area contributed by atoms with Crippen LogP contribution >= 0.6 is 0 Å². The Labute approximate surface area is 126 Å². The number of nitrogens with zero attached hydrogens (tertiary/aromatic N) is 2. The molecule has 1 fully saturated rings. The van der Waals surface area contributed by atoms with Crippen LogP contribution in [0.2, 0.25) is 0 Å². The van der Waals surface area contributed by atoms with Crippen LogP contribution in [-0.2, 0) is 4.79 Å². The average Bonchev–Trinajstić information content (AvgIpc) is 2.49. The van der Waals surface area contributed by atoms with Crippen LogP contribution in [0.15, 0.2) is 29.3 Å². The highest BCUT2D eigenvalue weighted by molar-refractivity contribution is 5.88. The van der Waals surface area contributed by atoms with Crippen LogP contribution in [0, 0.1) is 5.92 Å². The van der Waals surface area contributed by atoms with Gasteiger partial charge in [0.15, 0.2) is 0 Å². The van der Waals surface area contributed by atoms with Gasteiger partial charge in [0.25, 0.3) is 0 Å². The predicted octanol–water partition coefficient (Wildman–Crippen LogP) is 2.85. The van der Waals surface area contributed by atoms with Crippen LogP contribution in [0.5, 0.6) is 5.75 Å². The smallest absolute Gasteiger partial charge is 0.247 e. The van der Waals surface area contributed by atoms with Crippen molar-refractivity contribution in [3.8, 4) is 5.75 Å². The molecule has 21 heavy (non-hydrogen) atoms. The summed E-state index contributed by atoms with van der Waals surface area (Å²) in [6, 6.07) is 6.66. The van der Waals surface area contributed by atoms with Crippen LogP contribution in [0.3, 0.4) is 0 Å². The van der Waals surface area contributed by atoms with Gasteiger partial charge in [-0.15, -0.1) is 0 Å². The molecule has 0 unspecified atom stereocenters. The van der Waals surface area contributed by atoms with Gasteiger partial charge in [-0.3, -0.25) is 9.79 Å². The number of hydrogen-bond acceptors (Lipinski definition) is 3. The summed E-state index contributed by atoms with van der Waals surface area (Å²) in [5.74, 6) is 0.437. The molecule has 0 bridgehead atoms. The Morgan fingerprint density at radius 3 is 2.52 bits per heavy atom. The largest absolute Gasteiger partial charge is 0.507 e. The Bertz CT molecular complexity index is 505. The molecular formula is C17H24N2O2. The number of aliphatic imine (C=N–C) groups is 1. The van der Waals surface area contributed by atoms with Gasteiger partial charge in [-0.1, -0.05) is 26.0 Å². The lowest BCUT2D eigenvalue weighted by atomic mass is 10.0. The molecule has 4 heteroatoms. The minimum atomic E-state index is -0.372. The van der Waals surface area contributed by atoms with Crippen LogP contribution in [-0.4, -0.2) is 41.3 Å². The second-order valence-corrected chi connectivity index (χ2v) is 5.91. The molecule has 1 saturated heterocycles. The van der Waals surface area contributed by atoms with E-state index >= 15 is 0 Å². The van der Waals surface area contributed by atoms with Crippen LogP contribution < -0.4 is 0 Å². The predicted molar refractivity (Wildman–Crippen MR) is 84.8 cm³/mol. The van der Waals surface area contributed by atoms with Gasteiger partial charge in [-0.2, -0.15) is 0 Å². The molecule has 0 aliphatic carbocycles. The number of benzene rings is 1. The number of phenols is 1. The maximum atomic E-state index is 12.6. The molecule has 4 nitrogen and oxygen atoms in total. The number of phenolic OH excluding ortho intramolecular Hbond substituents is 1. The number of aromatic hydroxyl groups is 1. The third kappa shape index (κ3) is 4.06. The molecule has 0 radical (unpaired) electrons. The molecule has 0 saturated carbocycles. The number of likely N-dealkylation sites (tertiary alicyclic amines) is 1. The highest BCUT2D eigenvalue weighted by atomic mass is 16.3. The molecule has 1 aliphatic heterocycles. The Balaban J connectivity index is 2.11. The second kappa shape index (κ2) is 7.25. The number of amides is 1. The fourth-order valence-corrected chi connectivity index (χ4v) is 2.58. The van der Waals surface area contributed by atoms with Crippen molar-refractivity contribution >= 4 is 12.1 Å². The van der Waals surface area contributed by atoms with Crippen molar-refractivity contribution in [2.24, 2.45) is 10.9 Å². The fraction of sp³-hybridized carbons (Fsp3) is 0.529. The lowest BCUT2D eigenvalue weighted by molar-refractivity contribution is -0.134. The van der Waals surface area contributed by atoms with Gasteiger partial charge in [-0.05, 0) is 37.3 Å². The topological polar surface area (TPSA) is 52.9 Å². The Morgan fingerprint density at radius 1 is 1.24 bits per heavy atom. The Hall–Kier alpha value is -1.84. The van der Waals surface area contributed by atoms with E-state index in [1.54, 1.807) is 24.4 Å². The van der Waals surface area contributed by atoms with E-state index in [0.717, 1.165) is 25.9 Å². The van der Waals surface area contributed by atoms with E-state index in [0.29, 0.717) is 5.56 Å². The number of carbonyl (C=O) groups excluding carboxylic acids is 1. The monoisotopic (exact) mass is 288 g/mol. The van der Waals surface area contributed by atoms with Crippen molar-refractivity contribution in [3.63, 3.8) is 0 Å². The van der Waals surface area contributed by atoms with Gasteiger partial charge < -0.3 is 10.0 Å². The number of carbonyl (C=O) groups is 1. The molecule has 114 valence electrons. The summed E-state index contributed by atoms with van der Waals surface area (Å²) >= 11 is 0. The number of para-hydroxylation sites is 1. The molecule has 0 aromatic heterocycles. The summed E-state index contributed by atoms with van der Waals surface area (Å²) in [6.07, 6.45) is 4.98. The van der Waals surface area contributed by atoms with Gasteiger partial charge in [0, 0.05) is 24.9 Å². The van der Waals surface area contributed by atoms with E-state index in [2.05, 4.69) is 4.99 Å². The quantitative estimate of drug-likeness (QED) is 0.866. The van der Waals surface area contributed by atoms with Gasteiger partial charge in [0.1, 0.15) is 11.8 Å². The first-order valence-corrected chi connectivity index (χ1v) is 7.69. The summed E-state index contributed by atoms with van der Waals surface area (Å²) < 4.78 is 0. The third-order valence-corrected chi connectivity index (χ3v) is 3.86. The van der Waals surface area contributed by atoms with E-state index in [1.165, 1.54) is 6.42 Å². The molecule has 1 heterocycles. The molecule has 1 aliphatic rings. The van der Waals surface area contributed by atoms with E-state index in [4.69, 9.17) is 0 Å². The summed E-state index contributed by atoms with van der Waals surface area (Å²) in [5, 5.41) is 9.76. The summed E-state index contributed by atoms with van der Waals surface area (Å²) in [5.41, 5.74) is 0.648. The van der Waals surface area contributed by atoms with Crippen molar-refractivity contribution in [1.29, 1.82) is 0 Å². The second-order valence-electron chi connectivity index (χ2n) is 5.91. The fourth-order valence-electron chi connectivity index (χ4n) is 2.58.